The zero-order chi connectivity index (χ0) is 11.4. The maximum absolute atomic E-state index is 9.62. The molecule has 0 aliphatic carbocycles. The minimum absolute atomic E-state index is 0.0276. The minimum atomic E-state index is -1.06. The number of nitrogens with zero attached hydrogens (tertiary/aromatic N) is 2. The van der Waals surface area contributed by atoms with Crippen LogP contribution in [0.2, 0.25) is 0 Å². The third-order valence-corrected chi connectivity index (χ3v) is 2.15. The Hall–Kier alpha value is -1.48. The Labute approximate surface area is 87.8 Å². The van der Waals surface area contributed by atoms with Crippen molar-refractivity contribution in [3.05, 3.63) is 29.1 Å². The summed E-state index contributed by atoms with van der Waals surface area (Å²) in [6.07, 6.45) is -0.706. The molecule has 0 saturated carbocycles. The van der Waals surface area contributed by atoms with E-state index < -0.39 is 12.2 Å². The average molecular weight is 207 g/mol. The van der Waals surface area contributed by atoms with Crippen LogP contribution in [0.4, 0.5) is 0 Å². The molecule has 0 aromatic carbocycles. The Kier molecular flexibility index (Phi) is 3.74. The molecule has 1 rings (SSSR count). The summed E-state index contributed by atoms with van der Waals surface area (Å²) in [5.74, 6) is 0. The lowest BCUT2D eigenvalue weighted by molar-refractivity contribution is 0.0241. The van der Waals surface area contributed by atoms with Crippen LogP contribution in [0.1, 0.15) is 22.9 Å². The molecule has 0 amide bonds. The third-order valence-electron chi connectivity index (χ3n) is 2.15. The van der Waals surface area contributed by atoms with Gasteiger partial charge in [-0.25, -0.2) is 4.98 Å². The van der Waals surface area contributed by atoms with E-state index in [4.69, 9.17) is 11.0 Å². The molecule has 2 unspecified atom stereocenters. The van der Waals surface area contributed by atoms with Gasteiger partial charge in [0.2, 0.25) is 0 Å². The molecule has 1 aromatic heterocycles. The van der Waals surface area contributed by atoms with Gasteiger partial charge in [-0.1, -0.05) is 0 Å². The van der Waals surface area contributed by atoms with Crippen molar-refractivity contribution < 1.29 is 10.2 Å². The quantitative estimate of drug-likeness (QED) is 0.626. The zero-order valence-electron chi connectivity index (χ0n) is 8.38. The number of hydrogen-bond acceptors (Lipinski definition) is 5. The number of rotatable bonds is 3. The van der Waals surface area contributed by atoms with Crippen molar-refractivity contribution in [1.82, 2.24) is 4.98 Å². The summed E-state index contributed by atoms with van der Waals surface area (Å²) < 4.78 is 0. The minimum Gasteiger partial charge on any atom is -0.389 e. The lowest BCUT2D eigenvalue weighted by Crippen LogP contribution is -2.27. The van der Waals surface area contributed by atoms with Crippen molar-refractivity contribution in [2.45, 2.75) is 19.1 Å². The Morgan fingerprint density at radius 3 is 2.73 bits per heavy atom. The average Bonchev–Trinajstić information content (AvgIpc) is 2.26. The van der Waals surface area contributed by atoms with E-state index in [0.29, 0.717) is 16.8 Å². The smallest absolute Gasteiger partial charge is 0.143 e. The van der Waals surface area contributed by atoms with E-state index in [0.717, 1.165) is 0 Å². The monoisotopic (exact) mass is 207 g/mol. The topological polar surface area (TPSA) is 103 Å². The number of aromatic nitrogens is 1. The van der Waals surface area contributed by atoms with Gasteiger partial charge in [-0.2, -0.15) is 5.26 Å². The van der Waals surface area contributed by atoms with E-state index in [1.165, 1.54) is 6.20 Å². The Balaban J connectivity index is 2.98. The normalized spacial score (nSPS) is 14.3. The highest BCUT2D eigenvalue weighted by molar-refractivity contribution is 5.33. The van der Waals surface area contributed by atoms with E-state index in [1.807, 2.05) is 6.07 Å². The van der Waals surface area contributed by atoms with Crippen LogP contribution >= 0.6 is 0 Å². The zero-order valence-corrected chi connectivity index (χ0v) is 8.38. The summed E-state index contributed by atoms with van der Waals surface area (Å²) in [6, 6.07) is 3.54. The van der Waals surface area contributed by atoms with Crippen LogP contribution in [0.15, 0.2) is 12.3 Å². The summed E-state index contributed by atoms with van der Waals surface area (Å²) >= 11 is 0. The number of hydrogen-bond donors (Lipinski definition) is 3. The predicted molar refractivity (Wildman–Crippen MR) is 53.7 cm³/mol. The second-order valence-corrected chi connectivity index (χ2v) is 3.29. The Bertz CT molecular complexity index is 387. The molecule has 0 aliphatic heterocycles. The Morgan fingerprint density at radius 1 is 1.60 bits per heavy atom. The molecular weight excluding hydrogens is 194 g/mol. The highest BCUT2D eigenvalue weighted by Crippen LogP contribution is 2.17. The number of nitriles is 1. The summed E-state index contributed by atoms with van der Waals surface area (Å²) in [7, 11) is 0. The van der Waals surface area contributed by atoms with Crippen LogP contribution in [-0.4, -0.2) is 27.8 Å². The van der Waals surface area contributed by atoms with Crippen molar-refractivity contribution in [2.24, 2.45) is 5.73 Å². The first-order chi connectivity index (χ1) is 7.10. The first kappa shape index (κ1) is 11.6. The number of nitrogens with two attached hydrogens (primary N) is 1. The highest BCUT2D eigenvalue weighted by atomic mass is 16.3. The van der Waals surface area contributed by atoms with Crippen LogP contribution in [0.3, 0.4) is 0 Å². The first-order valence-corrected chi connectivity index (χ1v) is 4.53. The van der Waals surface area contributed by atoms with Gasteiger partial charge >= 0.3 is 0 Å². The van der Waals surface area contributed by atoms with Gasteiger partial charge in [0.15, 0.2) is 0 Å². The molecule has 5 heteroatoms. The van der Waals surface area contributed by atoms with Gasteiger partial charge in [-0.15, -0.1) is 0 Å². The molecule has 0 spiro atoms. The van der Waals surface area contributed by atoms with Crippen LogP contribution in [0, 0.1) is 18.3 Å². The molecule has 5 nitrogen and oxygen atoms in total. The second-order valence-electron chi connectivity index (χ2n) is 3.29. The van der Waals surface area contributed by atoms with Gasteiger partial charge in [0.05, 0.1) is 6.10 Å². The molecule has 0 aliphatic rings. The van der Waals surface area contributed by atoms with Crippen molar-refractivity contribution in [2.75, 3.05) is 6.54 Å². The molecule has 0 radical (unpaired) electrons. The lowest BCUT2D eigenvalue weighted by Gasteiger charge is -2.16. The van der Waals surface area contributed by atoms with Crippen LogP contribution in [0.5, 0.6) is 0 Å². The van der Waals surface area contributed by atoms with Gasteiger partial charge in [0, 0.05) is 18.3 Å². The maximum atomic E-state index is 9.62. The van der Waals surface area contributed by atoms with Crippen molar-refractivity contribution >= 4 is 0 Å². The van der Waals surface area contributed by atoms with Gasteiger partial charge < -0.3 is 15.9 Å². The molecule has 15 heavy (non-hydrogen) atoms. The van der Waals surface area contributed by atoms with Crippen LogP contribution in [0.25, 0.3) is 0 Å². The SMILES string of the molecule is Cc1cc(C(O)C(O)CN)cnc1C#N. The first-order valence-electron chi connectivity index (χ1n) is 4.53. The summed E-state index contributed by atoms with van der Waals surface area (Å²) in [5.41, 5.74) is 6.66. The molecule has 1 heterocycles. The van der Waals surface area contributed by atoms with E-state index in [9.17, 15) is 10.2 Å². The standard InChI is InChI=1S/C10H13N3O2/c1-6-2-7(5-13-8(6)3-11)10(15)9(14)4-12/h2,5,9-10,14-15H,4,12H2,1H3. The van der Waals surface area contributed by atoms with E-state index in [1.54, 1.807) is 13.0 Å². The van der Waals surface area contributed by atoms with Crippen molar-refractivity contribution in [3.8, 4) is 6.07 Å². The van der Waals surface area contributed by atoms with E-state index in [-0.39, 0.29) is 6.54 Å². The third kappa shape index (κ3) is 2.50. The number of aryl methyl sites for hydroxylation is 1. The number of aliphatic hydroxyl groups excluding tert-OH is 2. The second kappa shape index (κ2) is 4.84. The predicted octanol–water partition coefficient (Wildman–Crippen LogP) is -0.385. The Morgan fingerprint density at radius 2 is 2.27 bits per heavy atom. The summed E-state index contributed by atoms with van der Waals surface area (Å²) in [6.45, 7) is 1.69. The fourth-order valence-corrected chi connectivity index (χ4v) is 1.23. The fraction of sp³-hybridized carbons (Fsp3) is 0.400. The summed E-state index contributed by atoms with van der Waals surface area (Å²) in [5, 5.41) is 27.6. The molecule has 80 valence electrons. The van der Waals surface area contributed by atoms with Gasteiger partial charge in [0.25, 0.3) is 0 Å². The lowest BCUT2D eigenvalue weighted by atomic mass is 10.0. The molecular formula is C10H13N3O2. The molecule has 0 saturated heterocycles. The van der Waals surface area contributed by atoms with Crippen LogP contribution < -0.4 is 5.73 Å². The molecule has 2 atom stereocenters. The van der Waals surface area contributed by atoms with Crippen LogP contribution in [-0.2, 0) is 0 Å². The molecule has 0 fully saturated rings. The van der Waals surface area contributed by atoms with Gasteiger partial charge in [-0.05, 0) is 18.6 Å². The van der Waals surface area contributed by atoms with E-state index >= 15 is 0 Å². The molecule has 4 N–H and O–H groups in total. The molecule has 0 bridgehead atoms. The maximum Gasteiger partial charge on any atom is 0.143 e. The number of pyridine rings is 1. The van der Waals surface area contributed by atoms with Gasteiger partial charge in [0.1, 0.15) is 17.9 Å². The largest absolute Gasteiger partial charge is 0.389 e. The number of aliphatic hydroxyl groups is 2. The molecule has 1 aromatic rings. The fourth-order valence-electron chi connectivity index (χ4n) is 1.23. The summed E-state index contributed by atoms with van der Waals surface area (Å²) in [4.78, 5) is 3.86. The van der Waals surface area contributed by atoms with Crippen molar-refractivity contribution in [1.29, 1.82) is 5.26 Å². The van der Waals surface area contributed by atoms with Gasteiger partial charge in [-0.3, -0.25) is 0 Å². The highest BCUT2D eigenvalue weighted by Gasteiger charge is 2.17. The van der Waals surface area contributed by atoms with E-state index in [2.05, 4.69) is 4.98 Å². The van der Waals surface area contributed by atoms with Crippen molar-refractivity contribution in [3.63, 3.8) is 0 Å².